The maximum atomic E-state index is 11.8. The van der Waals surface area contributed by atoms with Crippen LogP contribution in [0.3, 0.4) is 0 Å². The fraction of sp³-hybridized carbons (Fsp3) is 0.500. The van der Waals surface area contributed by atoms with Gasteiger partial charge in [-0.2, -0.15) is 0 Å². The number of carboxylic acids is 1. The highest BCUT2D eigenvalue weighted by atomic mass is 16.4. The van der Waals surface area contributed by atoms with E-state index < -0.39 is 5.97 Å². The quantitative estimate of drug-likeness (QED) is 0.798. The van der Waals surface area contributed by atoms with Gasteiger partial charge in [-0.3, -0.25) is 0 Å². The Kier molecular flexibility index (Phi) is 4.19. The number of aromatic carboxylic acids is 1. The molecule has 1 aliphatic rings. The Labute approximate surface area is 144 Å². The van der Waals surface area contributed by atoms with E-state index in [-0.39, 0.29) is 0 Å². The molecule has 0 heterocycles. The Morgan fingerprint density at radius 2 is 1.38 bits per heavy atom. The molecule has 0 aromatic heterocycles. The van der Waals surface area contributed by atoms with Crippen LogP contribution < -0.4 is 0 Å². The molecular weight excluding hydrogens is 296 g/mol. The van der Waals surface area contributed by atoms with Crippen molar-refractivity contribution in [3.63, 3.8) is 0 Å². The van der Waals surface area contributed by atoms with E-state index in [0.29, 0.717) is 5.56 Å². The van der Waals surface area contributed by atoms with Gasteiger partial charge in [-0.15, -0.1) is 0 Å². The van der Waals surface area contributed by atoms with Gasteiger partial charge in [-0.25, -0.2) is 4.79 Å². The summed E-state index contributed by atoms with van der Waals surface area (Å²) in [5, 5.41) is 12.2. The number of benzene rings is 2. The average molecular weight is 324 g/mol. The van der Waals surface area contributed by atoms with E-state index in [9.17, 15) is 9.90 Å². The molecule has 0 saturated carbocycles. The van der Waals surface area contributed by atoms with Gasteiger partial charge in [-0.1, -0.05) is 19.8 Å². The Hall–Kier alpha value is -1.83. The normalized spacial score (nSPS) is 16.7. The molecule has 2 heteroatoms. The van der Waals surface area contributed by atoms with Crippen LogP contribution in [0.4, 0.5) is 0 Å². The molecule has 2 aromatic rings. The highest BCUT2D eigenvalue weighted by Gasteiger charge is 2.28. The van der Waals surface area contributed by atoms with E-state index in [4.69, 9.17) is 0 Å². The van der Waals surface area contributed by atoms with E-state index in [2.05, 4.69) is 27.7 Å². The van der Waals surface area contributed by atoms with Crippen LogP contribution in [0.2, 0.25) is 0 Å². The van der Waals surface area contributed by atoms with Crippen molar-refractivity contribution in [3.8, 4) is 0 Å². The van der Waals surface area contributed by atoms with Gasteiger partial charge in [-0.05, 0) is 103 Å². The molecule has 0 radical (unpaired) electrons. The Balaban J connectivity index is 2.40. The predicted molar refractivity (Wildman–Crippen MR) is 100 cm³/mol. The summed E-state index contributed by atoms with van der Waals surface area (Å²) >= 11 is 0. The average Bonchev–Trinajstić information content (AvgIpc) is 2.93. The second kappa shape index (κ2) is 5.91. The van der Waals surface area contributed by atoms with Crippen LogP contribution in [0, 0.1) is 40.5 Å². The Bertz CT molecular complexity index is 859. The second-order valence-corrected chi connectivity index (χ2v) is 7.58. The lowest BCUT2D eigenvalue weighted by Crippen LogP contribution is -2.08. The van der Waals surface area contributed by atoms with E-state index in [1.54, 1.807) is 0 Å². The number of carboxylic acid groups (broad SMARTS) is 1. The molecule has 1 N–H and O–H groups in total. The summed E-state index contributed by atoms with van der Waals surface area (Å²) in [6.07, 6.45) is 4.85. The van der Waals surface area contributed by atoms with Crippen molar-refractivity contribution in [1.29, 1.82) is 0 Å². The number of hydrogen-bond donors (Lipinski definition) is 1. The largest absolute Gasteiger partial charge is 0.478 e. The molecule has 2 aromatic carbocycles. The Morgan fingerprint density at radius 3 is 1.83 bits per heavy atom. The lowest BCUT2D eigenvalue weighted by atomic mass is 9.83. The monoisotopic (exact) mass is 324 g/mol. The lowest BCUT2D eigenvalue weighted by molar-refractivity contribution is 0.0695. The third kappa shape index (κ3) is 2.27. The van der Waals surface area contributed by atoms with E-state index in [1.807, 2.05) is 13.8 Å². The maximum Gasteiger partial charge on any atom is 0.336 e. The molecule has 24 heavy (non-hydrogen) atoms. The summed E-state index contributed by atoms with van der Waals surface area (Å²) < 4.78 is 0. The molecule has 0 aliphatic heterocycles. The molecule has 2 nitrogen and oxygen atoms in total. The van der Waals surface area contributed by atoms with E-state index >= 15 is 0 Å². The van der Waals surface area contributed by atoms with Crippen molar-refractivity contribution < 1.29 is 9.90 Å². The Morgan fingerprint density at radius 1 is 0.875 bits per heavy atom. The third-order valence-corrected chi connectivity index (χ3v) is 6.23. The van der Waals surface area contributed by atoms with Crippen LogP contribution in [0.15, 0.2) is 0 Å². The van der Waals surface area contributed by atoms with Crippen molar-refractivity contribution >= 4 is 16.7 Å². The number of aryl methyl sites for hydroxylation is 4. The van der Waals surface area contributed by atoms with Gasteiger partial charge in [0.1, 0.15) is 0 Å². The topological polar surface area (TPSA) is 37.3 Å². The van der Waals surface area contributed by atoms with Crippen molar-refractivity contribution in [2.75, 3.05) is 0 Å². The minimum Gasteiger partial charge on any atom is -0.478 e. The zero-order valence-corrected chi connectivity index (χ0v) is 15.8. The highest BCUT2D eigenvalue weighted by Crippen LogP contribution is 2.42. The molecule has 1 atom stereocenters. The first-order chi connectivity index (χ1) is 11.3. The van der Waals surface area contributed by atoms with E-state index in [0.717, 1.165) is 29.0 Å². The molecule has 1 aliphatic carbocycles. The molecule has 0 saturated heterocycles. The molecule has 0 amide bonds. The molecule has 0 bridgehead atoms. The number of fused-ring (bicyclic) bond motifs is 2. The summed E-state index contributed by atoms with van der Waals surface area (Å²) in [7, 11) is 0. The van der Waals surface area contributed by atoms with Gasteiger partial charge in [0.15, 0.2) is 0 Å². The number of rotatable bonds is 3. The van der Waals surface area contributed by atoms with Crippen LogP contribution in [-0.4, -0.2) is 11.1 Å². The molecule has 0 fully saturated rings. The molecule has 0 spiro atoms. The first-order valence-electron chi connectivity index (χ1n) is 9.07. The van der Waals surface area contributed by atoms with Gasteiger partial charge in [0.2, 0.25) is 0 Å². The highest BCUT2D eigenvalue weighted by molar-refractivity contribution is 6.04. The number of carbonyl (C=O) groups is 1. The summed E-state index contributed by atoms with van der Waals surface area (Å²) in [5.41, 5.74) is 9.18. The summed E-state index contributed by atoms with van der Waals surface area (Å²) in [4.78, 5) is 11.8. The predicted octanol–water partition coefficient (Wildman–Crippen LogP) is 5.60. The van der Waals surface area contributed by atoms with Gasteiger partial charge >= 0.3 is 5.97 Å². The SMILES string of the molecule is CCCC1Cc2c(c(C)c3c(C)c(C(=O)O)c(C)c(C)c3c2C)C1. The minimum atomic E-state index is -0.809. The maximum absolute atomic E-state index is 11.8. The zero-order chi connectivity index (χ0) is 17.8. The van der Waals surface area contributed by atoms with Gasteiger partial charge in [0.25, 0.3) is 0 Å². The van der Waals surface area contributed by atoms with Crippen LogP contribution in [-0.2, 0) is 12.8 Å². The fourth-order valence-corrected chi connectivity index (χ4v) is 4.98. The lowest BCUT2D eigenvalue weighted by Gasteiger charge is -2.21. The number of hydrogen-bond acceptors (Lipinski definition) is 1. The van der Waals surface area contributed by atoms with Crippen molar-refractivity contribution in [3.05, 3.63) is 44.5 Å². The smallest absolute Gasteiger partial charge is 0.336 e. The first kappa shape index (κ1) is 17.0. The molecular formula is C22H28O2. The van der Waals surface area contributed by atoms with Crippen molar-refractivity contribution in [1.82, 2.24) is 0 Å². The first-order valence-corrected chi connectivity index (χ1v) is 9.07. The van der Waals surface area contributed by atoms with Crippen LogP contribution >= 0.6 is 0 Å². The van der Waals surface area contributed by atoms with Crippen molar-refractivity contribution in [2.45, 2.75) is 67.2 Å². The zero-order valence-electron chi connectivity index (χ0n) is 15.8. The van der Waals surface area contributed by atoms with Crippen LogP contribution in [0.1, 0.15) is 69.1 Å². The standard InChI is InChI=1S/C22H28O2/c1-7-8-16-9-17-13(4)19-11(2)12(3)21(22(23)24)15(6)20(19)14(5)18(17)10-16/h16H,7-10H2,1-6H3,(H,23,24). The third-order valence-electron chi connectivity index (χ3n) is 6.23. The van der Waals surface area contributed by atoms with Crippen LogP contribution in [0.25, 0.3) is 10.8 Å². The van der Waals surface area contributed by atoms with Crippen molar-refractivity contribution in [2.24, 2.45) is 5.92 Å². The molecule has 1 unspecified atom stereocenters. The minimum absolute atomic E-state index is 0.491. The van der Waals surface area contributed by atoms with Crippen LogP contribution in [0.5, 0.6) is 0 Å². The van der Waals surface area contributed by atoms with Gasteiger partial charge in [0.05, 0.1) is 5.56 Å². The molecule has 3 rings (SSSR count). The second-order valence-electron chi connectivity index (χ2n) is 7.58. The van der Waals surface area contributed by atoms with Gasteiger partial charge in [0, 0.05) is 0 Å². The molecule has 128 valence electrons. The van der Waals surface area contributed by atoms with E-state index in [1.165, 1.54) is 52.3 Å². The summed E-state index contributed by atoms with van der Waals surface area (Å²) in [6, 6.07) is 0. The van der Waals surface area contributed by atoms with Gasteiger partial charge < -0.3 is 5.11 Å². The fourth-order valence-electron chi connectivity index (χ4n) is 4.98. The summed E-state index contributed by atoms with van der Waals surface area (Å²) in [6.45, 7) is 12.7. The summed E-state index contributed by atoms with van der Waals surface area (Å²) in [5.74, 6) is -0.0590.